The summed E-state index contributed by atoms with van der Waals surface area (Å²) in [7, 11) is 1.23. The molecular weight excluding hydrogens is 298 g/mol. The zero-order valence-corrected chi connectivity index (χ0v) is 12.9. The van der Waals surface area contributed by atoms with Gasteiger partial charge in [0.15, 0.2) is 0 Å². The van der Waals surface area contributed by atoms with Gasteiger partial charge in [0.1, 0.15) is 0 Å². The second kappa shape index (κ2) is 6.32. The van der Waals surface area contributed by atoms with Gasteiger partial charge in [0.2, 0.25) is 0 Å². The van der Waals surface area contributed by atoms with Crippen LogP contribution in [0.3, 0.4) is 0 Å². The fourth-order valence-corrected chi connectivity index (χ4v) is 2.73. The highest BCUT2D eigenvalue weighted by Crippen LogP contribution is 2.41. The smallest absolute Gasteiger partial charge is 0.336 e. The van der Waals surface area contributed by atoms with Gasteiger partial charge in [0, 0.05) is 23.0 Å². The van der Waals surface area contributed by atoms with Gasteiger partial charge < -0.3 is 10.1 Å². The van der Waals surface area contributed by atoms with Crippen LogP contribution in [-0.4, -0.2) is 18.0 Å². The van der Waals surface area contributed by atoms with Crippen molar-refractivity contribution in [3.05, 3.63) is 62.5 Å². The molecule has 0 fully saturated rings. The highest BCUT2D eigenvalue weighted by atomic mass is 16.6. The molecule has 1 aliphatic heterocycles. The number of hydrogen-bond donors (Lipinski definition) is 1. The minimum atomic E-state index is -0.838. The molecule has 0 saturated heterocycles. The predicted molar refractivity (Wildman–Crippen MR) is 82.0 cm³/mol. The molecule has 7 nitrogen and oxygen atoms in total. The van der Waals surface area contributed by atoms with Gasteiger partial charge in [0.05, 0.1) is 35.2 Å². The predicted octanol–water partition coefficient (Wildman–Crippen LogP) is 2.53. The van der Waals surface area contributed by atoms with E-state index in [1.54, 1.807) is 32.0 Å². The molecule has 0 amide bonds. The van der Waals surface area contributed by atoms with Gasteiger partial charge in [-0.25, -0.2) is 4.79 Å². The van der Waals surface area contributed by atoms with E-state index < -0.39 is 16.8 Å². The highest BCUT2D eigenvalue weighted by Gasteiger charge is 2.37. The second-order valence-electron chi connectivity index (χ2n) is 5.05. The summed E-state index contributed by atoms with van der Waals surface area (Å²) in [5.41, 5.74) is 1.66. The third-order valence-electron chi connectivity index (χ3n) is 3.73. The minimum absolute atomic E-state index is 0.144. The van der Waals surface area contributed by atoms with Crippen LogP contribution in [0, 0.1) is 21.4 Å². The van der Waals surface area contributed by atoms with Gasteiger partial charge in [-0.2, -0.15) is 5.26 Å². The molecular formula is C16H15N3O4. The lowest BCUT2D eigenvalue weighted by molar-refractivity contribution is -0.385. The molecule has 0 bridgehead atoms. The van der Waals surface area contributed by atoms with Crippen molar-refractivity contribution < 1.29 is 14.5 Å². The number of ether oxygens (including phenoxy) is 1. The van der Waals surface area contributed by atoms with Crippen molar-refractivity contribution >= 4 is 11.7 Å². The molecule has 7 heteroatoms. The number of hydrogen-bond acceptors (Lipinski definition) is 6. The molecule has 23 heavy (non-hydrogen) atoms. The second-order valence-corrected chi connectivity index (χ2v) is 5.05. The molecule has 1 aromatic carbocycles. The summed E-state index contributed by atoms with van der Waals surface area (Å²) < 4.78 is 4.80. The van der Waals surface area contributed by atoms with Crippen LogP contribution in [0.25, 0.3) is 0 Å². The minimum Gasteiger partial charge on any atom is -0.466 e. The van der Waals surface area contributed by atoms with Gasteiger partial charge in [-0.15, -0.1) is 0 Å². The third-order valence-corrected chi connectivity index (χ3v) is 3.73. The van der Waals surface area contributed by atoms with Gasteiger partial charge in [-0.3, -0.25) is 10.1 Å². The van der Waals surface area contributed by atoms with E-state index in [2.05, 4.69) is 11.4 Å². The Morgan fingerprint density at radius 2 is 2.00 bits per heavy atom. The molecule has 0 aliphatic carbocycles. The summed E-state index contributed by atoms with van der Waals surface area (Å²) in [6, 6.07) is 8.13. The van der Waals surface area contributed by atoms with Crippen LogP contribution in [0.4, 0.5) is 5.69 Å². The average Bonchev–Trinajstić information content (AvgIpc) is 2.53. The quantitative estimate of drug-likeness (QED) is 0.522. The lowest BCUT2D eigenvalue weighted by atomic mass is 9.80. The monoisotopic (exact) mass is 313 g/mol. The molecule has 0 saturated carbocycles. The molecule has 0 aromatic heterocycles. The van der Waals surface area contributed by atoms with Gasteiger partial charge in [-0.1, -0.05) is 18.2 Å². The first kappa shape index (κ1) is 16.2. The lowest BCUT2D eigenvalue weighted by Gasteiger charge is -2.27. The normalized spacial score (nSPS) is 17.4. The van der Waals surface area contributed by atoms with E-state index in [4.69, 9.17) is 4.74 Å². The Hall–Kier alpha value is -3.14. The maximum absolute atomic E-state index is 12.2. The summed E-state index contributed by atoms with van der Waals surface area (Å²) in [4.78, 5) is 23.0. The molecule has 0 radical (unpaired) electrons. The van der Waals surface area contributed by atoms with Gasteiger partial charge >= 0.3 is 5.97 Å². The Kier molecular flexibility index (Phi) is 4.46. The maximum Gasteiger partial charge on any atom is 0.336 e. The van der Waals surface area contributed by atoms with Gasteiger partial charge in [0.25, 0.3) is 5.69 Å². The zero-order valence-electron chi connectivity index (χ0n) is 12.9. The van der Waals surface area contributed by atoms with Crippen molar-refractivity contribution in [1.29, 1.82) is 5.26 Å². The summed E-state index contributed by atoms with van der Waals surface area (Å²) in [6.45, 7) is 3.36. The largest absolute Gasteiger partial charge is 0.466 e. The highest BCUT2D eigenvalue weighted by molar-refractivity contribution is 5.93. The molecule has 1 heterocycles. The number of allylic oxidation sites excluding steroid dienone is 3. The van der Waals surface area contributed by atoms with E-state index in [9.17, 15) is 20.2 Å². The number of para-hydroxylation sites is 1. The van der Waals surface area contributed by atoms with Crippen molar-refractivity contribution in [1.82, 2.24) is 5.32 Å². The number of esters is 1. The van der Waals surface area contributed by atoms with Crippen molar-refractivity contribution in [2.24, 2.45) is 0 Å². The fraction of sp³-hybridized carbons (Fsp3) is 0.250. The summed E-state index contributed by atoms with van der Waals surface area (Å²) in [6.07, 6.45) is 0. The van der Waals surface area contributed by atoms with Crippen molar-refractivity contribution in [2.45, 2.75) is 19.8 Å². The molecule has 1 N–H and O–H groups in total. The number of carbonyl (C=O) groups excluding carboxylic acids is 1. The number of dihydropyridines is 1. The van der Waals surface area contributed by atoms with Crippen LogP contribution in [0.5, 0.6) is 0 Å². The number of nitro benzene ring substituents is 1. The topological polar surface area (TPSA) is 105 Å². The van der Waals surface area contributed by atoms with E-state index >= 15 is 0 Å². The standard InChI is InChI=1S/C16H15N3O4/c1-9-12(8-17)15(14(10(2)18-9)16(20)23-3)11-6-4-5-7-13(11)19(21)22/h4-7,15,18H,1-3H3. The zero-order chi connectivity index (χ0) is 17.1. The number of methoxy groups -OCH3 is 1. The van der Waals surface area contributed by atoms with Crippen molar-refractivity contribution in [3.8, 4) is 6.07 Å². The first-order valence-electron chi connectivity index (χ1n) is 6.82. The number of nitrogens with zero attached hydrogens (tertiary/aromatic N) is 2. The molecule has 2 rings (SSSR count). The lowest BCUT2D eigenvalue weighted by Crippen LogP contribution is -2.28. The first-order valence-corrected chi connectivity index (χ1v) is 6.82. The van der Waals surface area contributed by atoms with Crippen LogP contribution in [0.1, 0.15) is 25.3 Å². The Morgan fingerprint density at radius 1 is 1.35 bits per heavy atom. The number of nitro groups is 1. The molecule has 118 valence electrons. The van der Waals surface area contributed by atoms with Crippen LogP contribution in [0.15, 0.2) is 46.8 Å². The van der Waals surface area contributed by atoms with Crippen molar-refractivity contribution in [2.75, 3.05) is 7.11 Å². The van der Waals surface area contributed by atoms with Crippen LogP contribution in [-0.2, 0) is 9.53 Å². The Bertz CT molecular complexity index is 787. The van der Waals surface area contributed by atoms with Crippen LogP contribution >= 0.6 is 0 Å². The Morgan fingerprint density at radius 3 is 2.57 bits per heavy atom. The molecule has 0 spiro atoms. The van der Waals surface area contributed by atoms with E-state index in [1.807, 2.05) is 0 Å². The van der Waals surface area contributed by atoms with E-state index in [0.29, 0.717) is 11.4 Å². The Balaban J connectivity index is 2.77. The SMILES string of the molecule is COC(=O)C1=C(C)NC(C)=C(C#N)C1c1ccccc1[N+](=O)[O-]. The first-order chi connectivity index (χ1) is 10.9. The Labute approximate surface area is 133 Å². The third kappa shape index (κ3) is 2.79. The number of carbonyl (C=O) groups is 1. The maximum atomic E-state index is 12.2. The summed E-state index contributed by atoms with van der Waals surface area (Å²) in [5.74, 6) is -1.46. The molecule has 1 atom stereocenters. The van der Waals surface area contributed by atoms with Crippen LogP contribution in [0.2, 0.25) is 0 Å². The van der Waals surface area contributed by atoms with Crippen molar-refractivity contribution in [3.63, 3.8) is 0 Å². The van der Waals surface area contributed by atoms with E-state index in [-0.39, 0.29) is 22.4 Å². The van der Waals surface area contributed by atoms with E-state index in [0.717, 1.165) is 0 Å². The number of rotatable bonds is 3. The fourth-order valence-electron chi connectivity index (χ4n) is 2.73. The molecule has 1 aromatic rings. The van der Waals surface area contributed by atoms with Crippen LogP contribution < -0.4 is 5.32 Å². The summed E-state index contributed by atoms with van der Waals surface area (Å²) >= 11 is 0. The van der Waals surface area contributed by atoms with Gasteiger partial charge in [-0.05, 0) is 13.8 Å². The molecule has 1 unspecified atom stereocenters. The number of nitriles is 1. The average molecular weight is 313 g/mol. The molecule has 1 aliphatic rings. The number of nitrogens with one attached hydrogen (secondary N) is 1. The van der Waals surface area contributed by atoms with E-state index in [1.165, 1.54) is 13.2 Å². The number of benzene rings is 1. The summed E-state index contributed by atoms with van der Waals surface area (Å²) in [5, 5.41) is 23.8.